The second kappa shape index (κ2) is 5.40. The predicted octanol–water partition coefficient (Wildman–Crippen LogP) is 2.74. The number of amides is 1. The van der Waals surface area contributed by atoms with Gasteiger partial charge in [-0.25, -0.2) is 4.98 Å². The number of hydrogen-bond acceptors (Lipinski definition) is 4. The van der Waals surface area contributed by atoms with Crippen LogP contribution < -0.4 is 4.90 Å². The van der Waals surface area contributed by atoms with E-state index < -0.39 is 0 Å². The monoisotopic (exact) mass is 289 g/mol. The smallest absolute Gasteiger partial charge is 0.219 e. The first-order valence-electron chi connectivity index (χ1n) is 6.99. The number of thiazole rings is 1. The van der Waals surface area contributed by atoms with Gasteiger partial charge in [0.05, 0.1) is 10.2 Å². The largest absolute Gasteiger partial charge is 0.348 e. The second-order valence-corrected chi connectivity index (χ2v) is 6.32. The van der Waals surface area contributed by atoms with Crippen molar-refractivity contribution in [3.8, 4) is 0 Å². The van der Waals surface area contributed by atoms with E-state index in [2.05, 4.69) is 23.1 Å². The zero-order valence-electron chi connectivity index (χ0n) is 11.9. The Bertz CT molecular complexity index is 583. The molecule has 5 heteroatoms. The number of rotatable bonds is 2. The number of aromatic nitrogens is 1. The number of carbonyl (C=O) groups is 1. The van der Waals surface area contributed by atoms with Crippen molar-refractivity contribution in [3.05, 3.63) is 24.3 Å². The Labute approximate surface area is 123 Å². The van der Waals surface area contributed by atoms with Gasteiger partial charge in [-0.1, -0.05) is 23.5 Å². The number of piperidine rings is 1. The van der Waals surface area contributed by atoms with Crippen molar-refractivity contribution in [3.63, 3.8) is 0 Å². The molecule has 0 unspecified atom stereocenters. The van der Waals surface area contributed by atoms with E-state index in [-0.39, 0.29) is 5.91 Å². The first-order chi connectivity index (χ1) is 9.65. The molecule has 106 valence electrons. The van der Waals surface area contributed by atoms with Gasteiger partial charge in [0, 0.05) is 33.1 Å². The minimum absolute atomic E-state index is 0.156. The van der Waals surface area contributed by atoms with Gasteiger partial charge < -0.3 is 9.80 Å². The first-order valence-corrected chi connectivity index (χ1v) is 7.81. The Kier molecular flexibility index (Phi) is 3.61. The van der Waals surface area contributed by atoms with Crippen molar-refractivity contribution >= 4 is 32.6 Å². The van der Waals surface area contributed by atoms with Gasteiger partial charge in [0.2, 0.25) is 5.91 Å². The van der Waals surface area contributed by atoms with Crippen molar-refractivity contribution in [2.45, 2.75) is 25.8 Å². The summed E-state index contributed by atoms with van der Waals surface area (Å²) in [5.41, 5.74) is 1.08. The number of hydrogen-bond donors (Lipinski definition) is 0. The Morgan fingerprint density at radius 1 is 1.35 bits per heavy atom. The van der Waals surface area contributed by atoms with Crippen LogP contribution in [0.1, 0.15) is 19.8 Å². The van der Waals surface area contributed by atoms with E-state index in [1.807, 2.05) is 18.0 Å². The van der Waals surface area contributed by atoms with Crippen LogP contribution in [0.4, 0.5) is 5.13 Å². The third-order valence-electron chi connectivity index (χ3n) is 4.06. The summed E-state index contributed by atoms with van der Waals surface area (Å²) in [5.74, 6) is 0.156. The summed E-state index contributed by atoms with van der Waals surface area (Å²) < 4.78 is 1.24. The SMILES string of the molecule is CC(=O)N(C)C1CCN(c2nc3ccccc3s2)CC1. The normalized spacial score (nSPS) is 16.6. The molecule has 2 aromatic rings. The lowest BCUT2D eigenvalue weighted by Gasteiger charge is -2.36. The van der Waals surface area contributed by atoms with E-state index in [0.29, 0.717) is 6.04 Å². The lowest BCUT2D eigenvalue weighted by Crippen LogP contribution is -2.45. The van der Waals surface area contributed by atoms with Crippen LogP contribution in [0.15, 0.2) is 24.3 Å². The molecule has 0 radical (unpaired) electrons. The van der Waals surface area contributed by atoms with Crippen LogP contribution >= 0.6 is 11.3 Å². The molecule has 0 N–H and O–H groups in total. The van der Waals surface area contributed by atoms with E-state index in [1.165, 1.54) is 4.70 Å². The highest BCUT2D eigenvalue weighted by Gasteiger charge is 2.25. The molecule has 1 fully saturated rings. The molecule has 0 saturated carbocycles. The Morgan fingerprint density at radius 2 is 2.05 bits per heavy atom. The number of benzene rings is 1. The molecule has 1 aromatic carbocycles. The van der Waals surface area contributed by atoms with Crippen molar-refractivity contribution < 1.29 is 4.79 Å². The van der Waals surface area contributed by atoms with E-state index in [1.54, 1.807) is 18.3 Å². The van der Waals surface area contributed by atoms with Crippen LogP contribution in [0.3, 0.4) is 0 Å². The second-order valence-electron chi connectivity index (χ2n) is 5.31. The van der Waals surface area contributed by atoms with Gasteiger partial charge in [-0.15, -0.1) is 0 Å². The highest BCUT2D eigenvalue weighted by molar-refractivity contribution is 7.22. The Morgan fingerprint density at radius 3 is 2.70 bits per heavy atom. The molecule has 1 aliphatic heterocycles. The maximum atomic E-state index is 11.4. The minimum Gasteiger partial charge on any atom is -0.348 e. The summed E-state index contributed by atoms with van der Waals surface area (Å²) in [6, 6.07) is 8.63. The summed E-state index contributed by atoms with van der Waals surface area (Å²) in [7, 11) is 1.90. The number of anilines is 1. The molecule has 2 heterocycles. The first kappa shape index (κ1) is 13.4. The third-order valence-corrected chi connectivity index (χ3v) is 5.16. The van der Waals surface area contributed by atoms with Gasteiger partial charge in [0.15, 0.2) is 5.13 Å². The molecule has 0 aliphatic carbocycles. The number of para-hydroxylation sites is 1. The molecule has 0 atom stereocenters. The van der Waals surface area contributed by atoms with Gasteiger partial charge in [-0.3, -0.25) is 4.79 Å². The summed E-state index contributed by atoms with van der Waals surface area (Å²) in [6.45, 7) is 3.59. The molecule has 3 rings (SSSR count). The zero-order valence-corrected chi connectivity index (χ0v) is 12.7. The fourth-order valence-corrected chi connectivity index (χ4v) is 3.71. The molecule has 1 amide bonds. The van der Waals surface area contributed by atoms with Crippen LogP contribution in [0, 0.1) is 0 Å². The molecule has 20 heavy (non-hydrogen) atoms. The van der Waals surface area contributed by atoms with E-state index >= 15 is 0 Å². The fraction of sp³-hybridized carbons (Fsp3) is 0.467. The summed E-state index contributed by atoms with van der Waals surface area (Å²) in [5, 5.41) is 1.11. The van der Waals surface area contributed by atoms with Crippen molar-refractivity contribution in [1.29, 1.82) is 0 Å². The van der Waals surface area contributed by atoms with Crippen LogP contribution in [-0.2, 0) is 4.79 Å². The lowest BCUT2D eigenvalue weighted by molar-refractivity contribution is -0.129. The standard InChI is InChI=1S/C15H19N3OS/c1-11(19)17(2)12-7-9-18(10-8-12)15-16-13-5-3-4-6-14(13)20-15/h3-6,12H,7-10H2,1-2H3. The molecule has 1 saturated heterocycles. The Balaban J connectivity index is 1.70. The van der Waals surface area contributed by atoms with E-state index in [4.69, 9.17) is 4.98 Å². The summed E-state index contributed by atoms with van der Waals surface area (Å²) in [6.07, 6.45) is 2.04. The molecule has 0 bridgehead atoms. The van der Waals surface area contributed by atoms with Crippen LogP contribution in [0.25, 0.3) is 10.2 Å². The fourth-order valence-electron chi connectivity index (χ4n) is 2.70. The van der Waals surface area contributed by atoms with Gasteiger partial charge in [0.25, 0.3) is 0 Å². The van der Waals surface area contributed by atoms with Crippen molar-refractivity contribution in [2.75, 3.05) is 25.0 Å². The molecule has 0 spiro atoms. The van der Waals surface area contributed by atoms with E-state index in [9.17, 15) is 4.79 Å². The van der Waals surface area contributed by atoms with Crippen molar-refractivity contribution in [2.24, 2.45) is 0 Å². The number of nitrogens with zero attached hydrogens (tertiary/aromatic N) is 3. The van der Waals surface area contributed by atoms with Crippen LogP contribution in [-0.4, -0.2) is 42.0 Å². The molecular weight excluding hydrogens is 270 g/mol. The lowest BCUT2D eigenvalue weighted by atomic mass is 10.0. The highest BCUT2D eigenvalue weighted by Crippen LogP contribution is 2.30. The van der Waals surface area contributed by atoms with Crippen LogP contribution in [0.2, 0.25) is 0 Å². The predicted molar refractivity (Wildman–Crippen MR) is 83.3 cm³/mol. The summed E-state index contributed by atoms with van der Waals surface area (Å²) >= 11 is 1.75. The summed E-state index contributed by atoms with van der Waals surface area (Å²) in [4.78, 5) is 20.3. The number of fused-ring (bicyclic) bond motifs is 1. The number of carbonyl (C=O) groups excluding carboxylic acids is 1. The van der Waals surface area contributed by atoms with Gasteiger partial charge >= 0.3 is 0 Å². The minimum atomic E-state index is 0.156. The zero-order chi connectivity index (χ0) is 14.1. The van der Waals surface area contributed by atoms with E-state index in [0.717, 1.165) is 36.6 Å². The van der Waals surface area contributed by atoms with Gasteiger partial charge in [-0.2, -0.15) is 0 Å². The molecule has 1 aromatic heterocycles. The van der Waals surface area contributed by atoms with Crippen LogP contribution in [0.5, 0.6) is 0 Å². The third kappa shape index (κ3) is 2.50. The van der Waals surface area contributed by atoms with Crippen molar-refractivity contribution in [1.82, 2.24) is 9.88 Å². The maximum absolute atomic E-state index is 11.4. The quantitative estimate of drug-likeness (QED) is 0.853. The van der Waals surface area contributed by atoms with Gasteiger partial charge in [0.1, 0.15) is 0 Å². The molecular formula is C15H19N3OS. The average Bonchev–Trinajstić information content (AvgIpc) is 2.90. The van der Waals surface area contributed by atoms with Gasteiger partial charge in [-0.05, 0) is 25.0 Å². The molecule has 1 aliphatic rings. The average molecular weight is 289 g/mol. The maximum Gasteiger partial charge on any atom is 0.219 e. The molecule has 4 nitrogen and oxygen atoms in total. The Hall–Kier alpha value is -1.62. The topological polar surface area (TPSA) is 36.4 Å². The highest BCUT2D eigenvalue weighted by atomic mass is 32.1.